The van der Waals surface area contributed by atoms with Gasteiger partial charge in [0.15, 0.2) is 0 Å². The van der Waals surface area contributed by atoms with Crippen LogP contribution >= 0.6 is 0 Å². The molecule has 0 radical (unpaired) electrons. The lowest BCUT2D eigenvalue weighted by molar-refractivity contribution is -0.384. The Morgan fingerprint density at radius 2 is 2.04 bits per heavy atom. The first kappa shape index (κ1) is 18.6. The van der Waals surface area contributed by atoms with Gasteiger partial charge in [-0.2, -0.15) is 4.98 Å². The number of benzene rings is 1. The van der Waals surface area contributed by atoms with Gasteiger partial charge in [-0.05, 0) is 11.8 Å². The molecule has 8 heteroatoms. The third-order valence-corrected chi connectivity index (χ3v) is 3.60. The van der Waals surface area contributed by atoms with Gasteiger partial charge < -0.3 is 9.84 Å². The number of amides is 1. The Morgan fingerprint density at radius 3 is 2.64 bits per heavy atom. The Labute approximate surface area is 145 Å². The van der Waals surface area contributed by atoms with Gasteiger partial charge in [0.25, 0.3) is 5.69 Å². The summed E-state index contributed by atoms with van der Waals surface area (Å²) in [5.74, 6) is 0.755. The lowest BCUT2D eigenvalue weighted by atomic mass is 10.0. The van der Waals surface area contributed by atoms with Crippen LogP contribution in [0.3, 0.4) is 0 Å². The molecule has 0 saturated heterocycles. The Kier molecular flexibility index (Phi) is 5.84. The van der Waals surface area contributed by atoms with Crippen LogP contribution in [0.1, 0.15) is 46.0 Å². The summed E-state index contributed by atoms with van der Waals surface area (Å²) >= 11 is 0. The molecule has 1 N–H and O–H groups in total. The highest BCUT2D eigenvalue weighted by Gasteiger charge is 2.25. The zero-order chi connectivity index (χ0) is 18.6. The first-order valence-corrected chi connectivity index (χ1v) is 8.15. The maximum absolute atomic E-state index is 12.1. The van der Waals surface area contributed by atoms with E-state index in [0.717, 1.165) is 0 Å². The molecule has 0 bridgehead atoms. The third kappa shape index (κ3) is 4.85. The van der Waals surface area contributed by atoms with Crippen LogP contribution < -0.4 is 5.32 Å². The zero-order valence-electron chi connectivity index (χ0n) is 14.7. The Balaban J connectivity index is 2.23. The molecule has 0 spiro atoms. The quantitative estimate of drug-likeness (QED) is 0.606. The maximum Gasteiger partial charge on any atom is 0.270 e. The number of nitrogens with one attached hydrogen (secondary N) is 1. The molecule has 2 rings (SSSR count). The average Bonchev–Trinajstić information content (AvgIpc) is 3.01. The number of nitrogens with zero attached hydrogens (tertiary/aromatic N) is 3. The van der Waals surface area contributed by atoms with Gasteiger partial charge in [0, 0.05) is 24.1 Å². The van der Waals surface area contributed by atoms with Gasteiger partial charge in [0.1, 0.15) is 6.04 Å². The lowest BCUT2D eigenvalue weighted by Crippen LogP contribution is -2.32. The van der Waals surface area contributed by atoms with Crippen LogP contribution in [0.5, 0.6) is 0 Å². The van der Waals surface area contributed by atoms with Gasteiger partial charge >= 0.3 is 0 Å². The number of aromatic nitrogens is 2. The van der Waals surface area contributed by atoms with Crippen LogP contribution in [-0.4, -0.2) is 21.0 Å². The van der Waals surface area contributed by atoms with Crippen molar-refractivity contribution in [2.45, 2.75) is 40.2 Å². The van der Waals surface area contributed by atoms with Crippen molar-refractivity contribution < 1.29 is 14.2 Å². The molecule has 2 aromatic rings. The van der Waals surface area contributed by atoms with E-state index in [2.05, 4.69) is 15.5 Å². The summed E-state index contributed by atoms with van der Waals surface area (Å²) in [7, 11) is 0. The molecule has 25 heavy (non-hydrogen) atoms. The minimum atomic E-state index is -0.479. The minimum Gasteiger partial charge on any atom is -0.344 e. The van der Waals surface area contributed by atoms with E-state index >= 15 is 0 Å². The predicted octanol–water partition coefficient (Wildman–Crippen LogP) is 3.50. The molecule has 0 aliphatic heterocycles. The topological polar surface area (TPSA) is 111 Å². The molecule has 134 valence electrons. The first-order valence-electron chi connectivity index (χ1n) is 8.15. The fourth-order valence-corrected chi connectivity index (χ4v) is 2.35. The van der Waals surface area contributed by atoms with Crippen molar-refractivity contribution in [1.82, 2.24) is 15.5 Å². The second kappa shape index (κ2) is 7.87. The van der Waals surface area contributed by atoms with Crippen molar-refractivity contribution in [3.63, 3.8) is 0 Å². The molecule has 1 heterocycles. The summed E-state index contributed by atoms with van der Waals surface area (Å²) in [6.45, 7) is 7.82. The van der Waals surface area contributed by atoms with Crippen molar-refractivity contribution >= 4 is 11.6 Å². The highest BCUT2D eigenvalue weighted by molar-refractivity contribution is 5.76. The number of rotatable bonds is 7. The summed E-state index contributed by atoms with van der Waals surface area (Å²) in [5.41, 5.74) is 0.440. The van der Waals surface area contributed by atoms with Gasteiger partial charge in [-0.3, -0.25) is 14.9 Å². The Morgan fingerprint density at radius 1 is 1.32 bits per heavy atom. The molecule has 0 aliphatic carbocycles. The average molecular weight is 346 g/mol. The number of hydrogen-bond acceptors (Lipinski definition) is 6. The molecular formula is C17H22N4O4. The van der Waals surface area contributed by atoms with E-state index in [9.17, 15) is 14.9 Å². The van der Waals surface area contributed by atoms with Crippen molar-refractivity contribution in [2.24, 2.45) is 11.8 Å². The van der Waals surface area contributed by atoms with E-state index in [-0.39, 0.29) is 35.1 Å². The smallest absolute Gasteiger partial charge is 0.270 e. The van der Waals surface area contributed by atoms with Crippen LogP contribution in [0.25, 0.3) is 11.4 Å². The fourth-order valence-electron chi connectivity index (χ4n) is 2.35. The minimum absolute atomic E-state index is 0.0468. The van der Waals surface area contributed by atoms with Gasteiger partial charge in [0.2, 0.25) is 17.6 Å². The van der Waals surface area contributed by atoms with E-state index in [1.807, 2.05) is 27.7 Å². The molecule has 0 fully saturated rings. The van der Waals surface area contributed by atoms with E-state index in [1.54, 1.807) is 12.1 Å². The molecular weight excluding hydrogens is 324 g/mol. The Bertz CT molecular complexity index is 755. The number of non-ortho nitro benzene ring substituents is 1. The van der Waals surface area contributed by atoms with Gasteiger partial charge in [-0.1, -0.05) is 45.0 Å². The van der Waals surface area contributed by atoms with Gasteiger partial charge in [-0.25, -0.2) is 0 Å². The van der Waals surface area contributed by atoms with Crippen molar-refractivity contribution in [2.75, 3.05) is 0 Å². The van der Waals surface area contributed by atoms with E-state index in [0.29, 0.717) is 12.0 Å². The molecule has 1 aromatic carbocycles. The van der Waals surface area contributed by atoms with Crippen LogP contribution in [-0.2, 0) is 4.79 Å². The fraction of sp³-hybridized carbons (Fsp3) is 0.471. The highest BCUT2D eigenvalue weighted by atomic mass is 16.6. The van der Waals surface area contributed by atoms with Crippen molar-refractivity contribution in [1.29, 1.82) is 0 Å². The van der Waals surface area contributed by atoms with E-state index < -0.39 is 11.0 Å². The summed E-state index contributed by atoms with van der Waals surface area (Å²) in [5, 5.41) is 17.7. The molecule has 1 atom stereocenters. The number of nitro benzene ring substituents is 1. The van der Waals surface area contributed by atoms with E-state index in [4.69, 9.17) is 4.52 Å². The molecule has 1 amide bonds. The molecule has 1 aromatic heterocycles. The molecule has 8 nitrogen and oxygen atoms in total. The predicted molar refractivity (Wildman–Crippen MR) is 91.6 cm³/mol. The highest BCUT2D eigenvalue weighted by Crippen LogP contribution is 2.25. The molecule has 0 saturated carbocycles. The normalized spacial score (nSPS) is 12.4. The van der Waals surface area contributed by atoms with E-state index in [1.165, 1.54) is 12.1 Å². The number of carbonyl (C=O) groups is 1. The molecule has 0 unspecified atom stereocenters. The van der Waals surface area contributed by atoms with Crippen molar-refractivity contribution in [3.05, 3.63) is 40.3 Å². The summed E-state index contributed by atoms with van der Waals surface area (Å²) in [6.07, 6.45) is 0.412. The summed E-state index contributed by atoms with van der Waals surface area (Å²) in [4.78, 5) is 26.8. The van der Waals surface area contributed by atoms with Crippen molar-refractivity contribution in [3.8, 4) is 11.4 Å². The molecule has 0 aliphatic rings. The van der Waals surface area contributed by atoms with Gasteiger partial charge in [-0.15, -0.1) is 0 Å². The van der Waals surface area contributed by atoms with Crippen LogP contribution in [0.4, 0.5) is 5.69 Å². The first-order chi connectivity index (χ1) is 11.8. The number of hydrogen-bond donors (Lipinski definition) is 1. The summed E-state index contributed by atoms with van der Waals surface area (Å²) in [6, 6.07) is 5.60. The zero-order valence-corrected chi connectivity index (χ0v) is 14.7. The summed E-state index contributed by atoms with van der Waals surface area (Å²) < 4.78 is 5.30. The second-order valence-corrected chi connectivity index (χ2v) is 6.65. The third-order valence-electron chi connectivity index (χ3n) is 3.60. The monoisotopic (exact) mass is 346 g/mol. The maximum atomic E-state index is 12.1. The Hall–Kier alpha value is -2.77. The number of nitro groups is 1. The van der Waals surface area contributed by atoms with Crippen LogP contribution in [0, 0.1) is 22.0 Å². The number of carbonyl (C=O) groups excluding carboxylic acids is 1. The standard InChI is InChI=1S/C17H22N4O4/c1-10(2)8-14(22)18-15(11(3)4)17-19-16(20-25-17)12-6-5-7-13(9-12)21(23)24/h5-7,9-11,15H,8H2,1-4H3,(H,18,22)/t15-/m0/s1. The van der Waals surface area contributed by atoms with Crippen LogP contribution in [0.2, 0.25) is 0 Å². The lowest BCUT2D eigenvalue weighted by Gasteiger charge is -2.19. The largest absolute Gasteiger partial charge is 0.344 e. The van der Waals surface area contributed by atoms with Gasteiger partial charge in [0.05, 0.1) is 4.92 Å². The van der Waals surface area contributed by atoms with Crippen LogP contribution in [0.15, 0.2) is 28.8 Å². The second-order valence-electron chi connectivity index (χ2n) is 6.65. The SMILES string of the molecule is CC(C)CC(=O)N[C@H](c1nc(-c2cccc([N+](=O)[O-])c2)no1)C(C)C.